The molecule has 0 radical (unpaired) electrons. The van der Waals surface area contributed by atoms with Crippen molar-refractivity contribution in [3.05, 3.63) is 46.6 Å². The molecular weight excluding hydrogens is 396 g/mol. The zero-order chi connectivity index (χ0) is 20.9. The van der Waals surface area contributed by atoms with Crippen LogP contribution in [-0.4, -0.2) is 62.3 Å². The first-order valence-corrected chi connectivity index (χ1v) is 11.6. The smallest absolute Gasteiger partial charge is 0.171 e. The van der Waals surface area contributed by atoms with E-state index >= 15 is 0 Å². The van der Waals surface area contributed by atoms with Gasteiger partial charge in [-0.05, 0) is 63.1 Å². The average molecular weight is 429 g/mol. The fraction of sp³-hybridized carbons (Fsp3) is 0.542. The number of ether oxygens (including phenoxy) is 1. The minimum Gasteiger partial charge on any atom is -0.488 e. The minimum absolute atomic E-state index is 0.758. The second-order valence-electron chi connectivity index (χ2n) is 8.43. The van der Waals surface area contributed by atoms with Gasteiger partial charge in [0.1, 0.15) is 6.61 Å². The van der Waals surface area contributed by atoms with Gasteiger partial charge in [0.25, 0.3) is 0 Å². The third-order valence-corrected chi connectivity index (χ3v) is 6.42. The summed E-state index contributed by atoms with van der Waals surface area (Å²) in [6, 6.07) is 10.3. The van der Waals surface area contributed by atoms with Gasteiger partial charge in [0.2, 0.25) is 0 Å². The number of unbranched alkanes of at least 4 members (excludes halogenated alkanes) is 2. The van der Waals surface area contributed by atoms with E-state index in [1.807, 2.05) is 25.1 Å². The standard InChI is InChI=1S/C24H33ClN4O/c1-19-6-8-21(25)18-22(19)28-14-12-27(13-15-28)10-4-3-5-11-29-16-17-30-23-9-7-20(2)26-24(23)29/h6-9,18H,3-5,10-17H2,1-2H3. The van der Waals surface area contributed by atoms with E-state index < -0.39 is 0 Å². The number of nitrogens with zero attached hydrogens (tertiary/aromatic N) is 4. The Labute approximate surface area is 185 Å². The zero-order valence-corrected chi connectivity index (χ0v) is 19.0. The highest BCUT2D eigenvalue weighted by Crippen LogP contribution is 2.29. The molecule has 1 aromatic heterocycles. The number of anilines is 2. The van der Waals surface area contributed by atoms with E-state index in [1.165, 1.54) is 37.1 Å². The van der Waals surface area contributed by atoms with Crippen molar-refractivity contribution in [1.29, 1.82) is 0 Å². The molecule has 0 unspecified atom stereocenters. The molecule has 162 valence electrons. The van der Waals surface area contributed by atoms with E-state index in [-0.39, 0.29) is 0 Å². The molecule has 0 amide bonds. The Hall–Kier alpha value is -1.98. The van der Waals surface area contributed by atoms with E-state index in [2.05, 4.69) is 33.8 Å². The number of halogens is 1. The Kier molecular flexibility index (Phi) is 7.00. The second kappa shape index (κ2) is 9.88. The van der Waals surface area contributed by atoms with Gasteiger partial charge in [-0.15, -0.1) is 0 Å². The predicted molar refractivity (Wildman–Crippen MR) is 125 cm³/mol. The maximum Gasteiger partial charge on any atom is 0.171 e. The Morgan fingerprint density at radius 3 is 2.57 bits per heavy atom. The molecular formula is C24H33ClN4O. The molecule has 2 aliphatic rings. The van der Waals surface area contributed by atoms with Crippen LogP contribution in [0.2, 0.25) is 5.02 Å². The number of piperazine rings is 1. The summed E-state index contributed by atoms with van der Waals surface area (Å²) in [6.45, 7) is 12.6. The highest BCUT2D eigenvalue weighted by atomic mass is 35.5. The summed E-state index contributed by atoms with van der Waals surface area (Å²) >= 11 is 6.20. The van der Waals surface area contributed by atoms with E-state index in [1.54, 1.807) is 0 Å². The zero-order valence-electron chi connectivity index (χ0n) is 18.2. The summed E-state index contributed by atoms with van der Waals surface area (Å²) in [7, 11) is 0. The van der Waals surface area contributed by atoms with Gasteiger partial charge in [0.15, 0.2) is 11.6 Å². The van der Waals surface area contributed by atoms with Gasteiger partial charge in [-0.2, -0.15) is 0 Å². The van der Waals surface area contributed by atoms with Crippen LogP contribution in [0.25, 0.3) is 0 Å². The van der Waals surface area contributed by atoms with Crippen molar-refractivity contribution in [2.75, 3.05) is 62.2 Å². The van der Waals surface area contributed by atoms with Crippen molar-refractivity contribution < 1.29 is 4.74 Å². The van der Waals surface area contributed by atoms with Crippen LogP contribution >= 0.6 is 11.6 Å². The highest BCUT2D eigenvalue weighted by molar-refractivity contribution is 6.30. The largest absolute Gasteiger partial charge is 0.488 e. The monoisotopic (exact) mass is 428 g/mol. The first-order valence-electron chi connectivity index (χ1n) is 11.2. The van der Waals surface area contributed by atoms with Crippen molar-refractivity contribution in [3.8, 4) is 5.75 Å². The molecule has 1 saturated heterocycles. The highest BCUT2D eigenvalue weighted by Gasteiger charge is 2.20. The Morgan fingerprint density at radius 1 is 0.933 bits per heavy atom. The molecule has 1 aromatic carbocycles. The Balaban J connectivity index is 1.16. The molecule has 6 heteroatoms. The van der Waals surface area contributed by atoms with Crippen LogP contribution in [0.4, 0.5) is 11.5 Å². The Bertz CT molecular complexity index is 851. The molecule has 0 atom stereocenters. The van der Waals surface area contributed by atoms with Gasteiger partial charge in [0, 0.05) is 49.1 Å². The maximum atomic E-state index is 6.20. The lowest BCUT2D eigenvalue weighted by Gasteiger charge is -2.37. The lowest BCUT2D eigenvalue weighted by Crippen LogP contribution is -2.46. The van der Waals surface area contributed by atoms with Crippen molar-refractivity contribution in [1.82, 2.24) is 9.88 Å². The summed E-state index contributed by atoms with van der Waals surface area (Å²) in [5.41, 5.74) is 3.65. The third-order valence-electron chi connectivity index (χ3n) is 6.18. The van der Waals surface area contributed by atoms with E-state index in [0.29, 0.717) is 0 Å². The van der Waals surface area contributed by atoms with Crippen LogP contribution in [0.1, 0.15) is 30.5 Å². The molecule has 0 saturated carbocycles. The normalized spacial score (nSPS) is 17.0. The molecule has 0 aliphatic carbocycles. The van der Waals surface area contributed by atoms with Crippen LogP contribution in [0.5, 0.6) is 5.75 Å². The summed E-state index contributed by atoms with van der Waals surface area (Å²) in [4.78, 5) is 12.2. The number of aromatic nitrogens is 1. The van der Waals surface area contributed by atoms with Crippen LogP contribution in [-0.2, 0) is 0 Å². The predicted octanol–water partition coefficient (Wildman–Crippen LogP) is 4.54. The fourth-order valence-electron chi connectivity index (χ4n) is 4.41. The lowest BCUT2D eigenvalue weighted by atomic mass is 10.1. The Morgan fingerprint density at radius 2 is 1.73 bits per heavy atom. The number of hydrogen-bond donors (Lipinski definition) is 0. The lowest BCUT2D eigenvalue weighted by molar-refractivity contribution is 0.252. The van der Waals surface area contributed by atoms with Crippen molar-refractivity contribution in [3.63, 3.8) is 0 Å². The number of fused-ring (bicyclic) bond motifs is 1. The number of benzene rings is 1. The van der Waals surface area contributed by atoms with E-state index in [0.717, 1.165) is 68.2 Å². The van der Waals surface area contributed by atoms with Crippen molar-refractivity contribution in [2.24, 2.45) is 0 Å². The van der Waals surface area contributed by atoms with E-state index in [4.69, 9.17) is 21.3 Å². The van der Waals surface area contributed by atoms with Crippen molar-refractivity contribution in [2.45, 2.75) is 33.1 Å². The van der Waals surface area contributed by atoms with Gasteiger partial charge < -0.3 is 14.5 Å². The average Bonchev–Trinajstić information content (AvgIpc) is 2.76. The molecule has 0 spiro atoms. The van der Waals surface area contributed by atoms with Gasteiger partial charge in [-0.1, -0.05) is 24.1 Å². The minimum atomic E-state index is 0.758. The van der Waals surface area contributed by atoms with Crippen LogP contribution in [0, 0.1) is 13.8 Å². The molecule has 4 rings (SSSR count). The van der Waals surface area contributed by atoms with Gasteiger partial charge in [0.05, 0.1) is 6.54 Å². The molecule has 30 heavy (non-hydrogen) atoms. The number of pyridine rings is 1. The topological polar surface area (TPSA) is 31.8 Å². The summed E-state index contributed by atoms with van der Waals surface area (Å²) in [5.74, 6) is 1.95. The van der Waals surface area contributed by atoms with Crippen LogP contribution < -0.4 is 14.5 Å². The quantitative estimate of drug-likeness (QED) is 0.604. The maximum absolute atomic E-state index is 6.20. The first kappa shape index (κ1) is 21.3. The number of hydrogen-bond acceptors (Lipinski definition) is 5. The fourth-order valence-corrected chi connectivity index (χ4v) is 4.58. The molecule has 0 N–H and O–H groups in total. The summed E-state index contributed by atoms with van der Waals surface area (Å²) in [5, 5.41) is 0.825. The van der Waals surface area contributed by atoms with Crippen LogP contribution in [0.3, 0.4) is 0 Å². The summed E-state index contributed by atoms with van der Waals surface area (Å²) in [6.07, 6.45) is 3.72. The van der Waals surface area contributed by atoms with Crippen LogP contribution in [0.15, 0.2) is 30.3 Å². The molecule has 2 aromatic rings. The molecule has 0 bridgehead atoms. The van der Waals surface area contributed by atoms with Gasteiger partial charge >= 0.3 is 0 Å². The van der Waals surface area contributed by atoms with Gasteiger partial charge in [-0.3, -0.25) is 4.90 Å². The number of rotatable bonds is 7. The first-order chi connectivity index (χ1) is 14.6. The molecule has 3 heterocycles. The third kappa shape index (κ3) is 5.19. The summed E-state index contributed by atoms with van der Waals surface area (Å²) < 4.78 is 5.75. The van der Waals surface area contributed by atoms with E-state index in [9.17, 15) is 0 Å². The molecule has 5 nitrogen and oxygen atoms in total. The number of aryl methyl sites for hydroxylation is 2. The van der Waals surface area contributed by atoms with Gasteiger partial charge in [-0.25, -0.2) is 4.98 Å². The SMILES string of the molecule is Cc1ccc2c(n1)N(CCCCCN1CCN(c3cc(Cl)ccc3C)CC1)CCO2. The molecule has 2 aliphatic heterocycles. The van der Waals surface area contributed by atoms with Crippen molar-refractivity contribution >= 4 is 23.1 Å². The molecule has 1 fully saturated rings. The second-order valence-corrected chi connectivity index (χ2v) is 8.87.